The zero-order chi connectivity index (χ0) is 8.97. The van der Waals surface area contributed by atoms with Crippen molar-refractivity contribution in [3.63, 3.8) is 0 Å². The first-order valence-electron chi connectivity index (χ1n) is 3.73. The maximum absolute atomic E-state index is 10.5. The van der Waals surface area contributed by atoms with Crippen molar-refractivity contribution in [3.8, 4) is 0 Å². The Morgan fingerprint density at radius 2 is 2.50 bits per heavy atom. The lowest BCUT2D eigenvalue weighted by Crippen LogP contribution is -2.40. The molecule has 12 heavy (non-hydrogen) atoms. The average Bonchev–Trinajstić information content (AvgIpc) is 2.80. The summed E-state index contributed by atoms with van der Waals surface area (Å²) in [6.45, 7) is -0.0255. The van der Waals surface area contributed by atoms with Crippen LogP contribution in [0.2, 0.25) is 0 Å². The third kappa shape index (κ3) is 2.77. The molecule has 0 saturated heterocycles. The summed E-state index contributed by atoms with van der Waals surface area (Å²) in [6.07, 6.45) is 2.03. The second-order valence-electron chi connectivity index (χ2n) is 2.75. The number of aliphatic carboxylic acids is 1. The minimum atomic E-state index is -0.964. The molecule has 1 aliphatic carbocycles. The molecule has 1 aliphatic rings. The number of nitrogens with one attached hydrogen (secondary N) is 1. The van der Waals surface area contributed by atoms with Crippen LogP contribution in [0, 0.1) is 0 Å². The van der Waals surface area contributed by atoms with E-state index in [0.29, 0.717) is 6.04 Å². The van der Waals surface area contributed by atoms with E-state index in [4.69, 9.17) is 10.6 Å². The van der Waals surface area contributed by atoms with Crippen LogP contribution in [0.15, 0.2) is 5.11 Å². The van der Waals surface area contributed by atoms with Crippen molar-refractivity contribution >= 4 is 5.97 Å². The van der Waals surface area contributed by atoms with Crippen molar-refractivity contribution in [2.75, 3.05) is 6.54 Å². The van der Waals surface area contributed by atoms with Crippen molar-refractivity contribution < 1.29 is 9.90 Å². The van der Waals surface area contributed by atoms with Gasteiger partial charge in [-0.25, -0.2) is 0 Å². The number of nitrogens with zero attached hydrogens (tertiary/aromatic N) is 3. The van der Waals surface area contributed by atoms with Gasteiger partial charge >= 0.3 is 5.97 Å². The van der Waals surface area contributed by atoms with Crippen LogP contribution in [-0.4, -0.2) is 29.7 Å². The monoisotopic (exact) mass is 170 g/mol. The normalized spacial score (nSPS) is 18.0. The van der Waals surface area contributed by atoms with Gasteiger partial charge in [-0.15, -0.1) is 0 Å². The van der Waals surface area contributed by atoms with Crippen molar-refractivity contribution in [2.45, 2.75) is 24.9 Å². The second kappa shape index (κ2) is 3.94. The van der Waals surface area contributed by atoms with E-state index in [9.17, 15) is 4.79 Å². The van der Waals surface area contributed by atoms with Gasteiger partial charge in [0.25, 0.3) is 0 Å². The lowest BCUT2D eigenvalue weighted by atomic mass is 10.3. The molecule has 0 heterocycles. The molecule has 1 unspecified atom stereocenters. The number of carboxylic acid groups (broad SMARTS) is 1. The Hall–Kier alpha value is -1.26. The maximum Gasteiger partial charge on any atom is 0.320 e. The fourth-order valence-electron chi connectivity index (χ4n) is 0.855. The topological polar surface area (TPSA) is 98.1 Å². The SMILES string of the molecule is [N-]=[N+]=NCC(NC1CC1)C(=O)O. The largest absolute Gasteiger partial charge is 0.480 e. The highest BCUT2D eigenvalue weighted by atomic mass is 16.4. The highest BCUT2D eigenvalue weighted by Gasteiger charge is 2.27. The molecular weight excluding hydrogens is 160 g/mol. The van der Waals surface area contributed by atoms with Crippen LogP contribution >= 0.6 is 0 Å². The van der Waals surface area contributed by atoms with Gasteiger partial charge in [0, 0.05) is 11.0 Å². The van der Waals surface area contributed by atoms with Gasteiger partial charge in [-0.1, -0.05) is 5.11 Å². The quantitative estimate of drug-likeness (QED) is 0.357. The van der Waals surface area contributed by atoms with Gasteiger partial charge in [-0.3, -0.25) is 4.79 Å². The van der Waals surface area contributed by atoms with Gasteiger partial charge in [-0.2, -0.15) is 0 Å². The standard InChI is InChI=1S/C6H10N4O2/c7-10-8-3-5(6(11)12)9-4-1-2-4/h4-5,9H,1-3H2,(H,11,12). The highest BCUT2D eigenvalue weighted by molar-refractivity contribution is 5.73. The number of hydrogen-bond donors (Lipinski definition) is 2. The smallest absolute Gasteiger partial charge is 0.320 e. The molecule has 0 radical (unpaired) electrons. The predicted octanol–water partition coefficient (Wildman–Crippen LogP) is 0.502. The summed E-state index contributed by atoms with van der Waals surface area (Å²) in [6, 6.07) is -0.423. The third-order valence-electron chi connectivity index (χ3n) is 1.64. The molecule has 0 aliphatic heterocycles. The van der Waals surface area contributed by atoms with E-state index in [1.165, 1.54) is 0 Å². The molecule has 0 aromatic heterocycles. The van der Waals surface area contributed by atoms with E-state index in [2.05, 4.69) is 15.3 Å². The molecule has 66 valence electrons. The number of carboxylic acids is 1. The molecule has 1 fully saturated rings. The zero-order valence-electron chi connectivity index (χ0n) is 6.47. The molecule has 6 heteroatoms. The van der Waals surface area contributed by atoms with E-state index >= 15 is 0 Å². The van der Waals surface area contributed by atoms with Gasteiger partial charge in [-0.05, 0) is 18.4 Å². The van der Waals surface area contributed by atoms with Crippen molar-refractivity contribution in [3.05, 3.63) is 10.4 Å². The molecule has 1 saturated carbocycles. The molecule has 6 nitrogen and oxygen atoms in total. The molecule has 0 amide bonds. The lowest BCUT2D eigenvalue weighted by Gasteiger charge is -2.09. The van der Waals surface area contributed by atoms with Crippen LogP contribution in [0.3, 0.4) is 0 Å². The van der Waals surface area contributed by atoms with Crippen LogP contribution in [-0.2, 0) is 4.79 Å². The fourth-order valence-corrected chi connectivity index (χ4v) is 0.855. The summed E-state index contributed by atoms with van der Waals surface area (Å²) in [5.74, 6) is -0.964. The Bertz CT molecular complexity index is 220. The third-order valence-corrected chi connectivity index (χ3v) is 1.64. The zero-order valence-corrected chi connectivity index (χ0v) is 6.47. The van der Waals surface area contributed by atoms with E-state index in [1.54, 1.807) is 0 Å². The average molecular weight is 170 g/mol. The second-order valence-corrected chi connectivity index (χ2v) is 2.75. The molecule has 0 aromatic carbocycles. The van der Waals surface area contributed by atoms with Crippen LogP contribution in [0.1, 0.15) is 12.8 Å². The molecule has 0 spiro atoms. The Kier molecular flexibility index (Phi) is 2.90. The summed E-state index contributed by atoms with van der Waals surface area (Å²) < 4.78 is 0. The summed E-state index contributed by atoms with van der Waals surface area (Å²) in [7, 11) is 0. The van der Waals surface area contributed by atoms with Crippen LogP contribution in [0.5, 0.6) is 0 Å². The Morgan fingerprint density at radius 1 is 1.83 bits per heavy atom. The van der Waals surface area contributed by atoms with Crippen LogP contribution in [0.25, 0.3) is 10.4 Å². The first-order valence-corrected chi connectivity index (χ1v) is 3.73. The molecule has 2 N–H and O–H groups in total. The van der Waals surface area contributed by atoms with E-state index in [1.807, 2.05) is 0 Å². The summed E-state index contributed by atoms with van der Waals surface area (Å²) in [4.78, 5) is 13.0. The molecule has 0 bridgehead atoms. The van der Waals surface area contributed by atoms with Gasteiger partial charge < -0.3 is 10.4 Å². The summed E-state index contributed by atoms with van der Waals surface area (Å²) >= 11 is 0. The minimum absolute atomic E-state index is 0.0255. The first kappa shape index (κ1) is 8.83. The van der Waals surface area contributed by atoms with Gasteiger partial charge in [0.1, 0.15) is 6.04 Å². The molecule has 1 rings (SSSR count). The summed E-state index contributed by atoms with van der Waals surface area (Å²) in [5.41, 5.74) is 7.98. The number of hydrogen-bond acceptors (Lipinski definition) is 3. The van der Waals surface area contributed by atoms with Gasteiger partial charge in [0.2, 0.25) is 0 Å². The molecule has 1 atom stereocenters. The molecule has 0 aromatic rings. The number of carbonyl (C=O) groups is 1. The Labute approximate surface area is 69.2 Å². The van der Waals surface area contributed by atoms with Crippen molar-refractivity contribution in [1.82, 2.24) is 5.32 Å². The van der Waals surface area contributed by atoms with Crippen molar-refractivity contribution in [1.29, 1.82) is 0 Å². The Balaban J connectivity index is 2.35. The maximum atomic E-state index is 10.5. The van der Waals surface area contributed by atoms with Gasteiger partial charge in [0.05, 0.1) is 6.54 Å². The highest BCUT2D eigenvalue weighted by Crippen LogP contribution is 2.19. The predicted molar refractivity (Wildman–Crippen MR) is 41.6 cm³/mol. The Morgan fingerprint density at radius 3 is 2.92 bits per heavy atom. The number of rotatable bonds is 5. The van der Waals surface area contributed by atoms with E-state index < -0.39 is 12.0 Å². The lowest BCUT2D eigenvalue weighted by molar-refractivity contribution is -0.139. The van der Waals surface area contributed by atoms with E-state index in [0.717, 1.165) is 12.8 Å². The molecular formula is C6H10N4O2. The van der Waals surface area contributed by atoms with Crippen LogP contribution in [0.4, 0.5) is 0 Å². The van der Waals surface area contributed by atoms with Crippen LogP contribution < -0.4 is 5.32 Å². The van der Waals surface area contributed by atoms with Crippen molar-refractivity contribution in [2.24, 2.45) is 5.11 Å². The fraction of sp³-hybridized carbons (Fsp3) is 0.833. The minimum Gasteiger partial charge on any atom is -0.480 e. The van der Waals surface area contributed by atoms with Gasteiger partial charge in [0.15, 0.2) is 0 Å². The summed E-state index contributed by atoms with van der Waals surface area (Å²) in [5, 5.41) is 14.7. The van der Waals surface area contributed by atoms with E-state index in [-0.39, 0.29) is 6.54 Å². The number of azide groups is 1. The first-order chi connectivity index (χ1) is 5.74.